The Hall–Kier alpha value is -0.220. The van der Waals surface area contributed by atoms with Gasteiger partial charge in [-0.3, -0.25) is 4.79 Å². The summed E-state index contributed by atoms with van der Waals surface area (Å²) in [6.45, 7) is 8.38. The van der Waals surface area contributed by atoms with Crippen molar-refractivity contribution in [2.45, 2.75) is 38.4 Å². The standard InChI is InChI=1S/C12H24N2OS/c1-10(2)11(16)12(15)13-6-5-9-14-7-3-4-8-14/h10-11,16H,3-9H2,1-2H3,(H,13,15). The van der Waals surface area contributed by atoms with Crippen LogP contribution in [0.5, 0.6) is 0 Å². The highest BCUT2D eigenvalue weighted by Gasteiger charge is 2.17. The van der Waals surface area contributed by atoms with Gasteiger partial charge in [0.2, 0.25) is 5.91 Å². The number of carbonyl (C=O) groups is 1. The predicted octanol–water partition coefficient (Wildman–Crippen LogP) is 1.54. The van der Waals surface area contributed by atoms with E-state index < -0.39 is 0 Å². The zero-order chi connectivity index (χ0) is 12.0. The second kappa shape index (κ2) is 7.17. The molecule has 0 spiro atoms. The molecular weight excluding hydrogens is 220 g/mol. The molecular formula is C12H24N2OS. The van der Waals surface area contributed by atoms with E-state index >= 15 is 0 Å². The molecule has 1 saturated heterocycles. The molecule has 0 aromatic heterocycles. The van der Waals surface area contributed by atoms with Crippen molar-refractivity contribution in [3.8, 4) is 0 Å². The van der Waals surface area contributed by atoms with E-state index in [0.29, 0.717) is 5.92 Å². The zero-order valence-corrected chi connectivity index (χ0v) is 11.3. The van der Waals surface area contributed by atoms with E-state index in [1.807, 2.05) is 13.8 Å². The van der Waals surface area contributed by atoms with Crippen molar-refractivity contribution in [2.75, 3.05) is 26.2 Å². The quantitative estimate of drug-likeness (QED) is 0.549. The summed E-state index contributed by atoms with van der Waals surface area (Å²) in [5.41, 5.74) is 0. The van der Waals surface area contributed by atoms with Gasteiger partial charge in [-0.05, 0) is 44.8 Å². The summed E-state index contributed by atoms with van der Waals surface area (Å²) < 4.78 is 0. The lowest BCUT2D eigenvalue weighted by Crippen LogP contribution is -2.36. The lowest BCUT2D eigenvalue weighted by Gasteiger charge is -2.16. The molecule has 1 N–H and O–H groups in total. The van der Waals surface area contributed by atoms with Crippen molar-refractivity contribution in [3.63, 3.8) is 0 Å². The van der Waals surface area contributed by atoms with Gasteiger partial charge < -0.3 is 10.2 Å². The van der Waals surface area contributed by atoms with Gasteiger partial charge in [-0.1, -0.05) is 13.8 Å². The lowest BCUT2D eigenvalue weighted by molar-refractivity contribution is -0.121. The van der Waals surface area contributed by atoms with Crippen LogP contribution in [-0.4, -0.2) is 42.2 Å². The molecule has 1 aliphatic heterocycles. The Labute approximate surface area is 104 Å². The Morgan fingerprint density at radius 2 is 2.00 bits per heavy atom. The predicted molar refractivity (Wildman–Crippen MR) is 70.9 cm³/mol. The summed E-state index contributed by atoms with van der Waals surface area (Å²) in [6, 6.07) is 0. The summed E-state index contributed by atoms with van der Waals surface area (Å²) >= 11 is 4.29. The monoisotopic (exact) mass is 244 g/mol. The van der Waals surface area contributed by atoms with Crippen LogP contribution in [0.1, 0.15) is 33.1 Å². The van der Waals surface area contributed by atoms with Gasteiger partial charge in [-0.25, -0.2) is 0 Å². The van der Waals surface area contributed by atoms with Crippen molar-refractivity contribution < 1.29 is 4.79 Å². The molecule has 1 rings (SSSR count). The Morgan fingerprint density at radius 1 is 1.38 bits per heavy atom. The first-order valence-electron chi connectivity index (χ1n) is 6.29. The van der Waals surface area contributed by atoms with Gasteiger partial charge >= 0.3 is 0 Å². The normalized spacial score (nSPS) is 19.0. The topological polar surface area (TPSA) is 32.3 Å². The van der Waals surface area contributed by atoms with Crippen LogP contribution in [0.25, 0.3) is 0 Å². The number of nitrogens with zero attached hydrogens (tertiary/aromatic N) is 1. The molecule has 1 atom stereocenters. The molecule has 0 bridgehead atoms. The number of carbonyl (C=O) groups excluding carboxylic acids is 1. The van der Waals surface area contributed by atoms with Crippen LogP contribution in [0.2, 0.25) is 0 Å². The maximum atomic E-state index is 11.6. The van der Waals surface area contributed by atoms with Gasteiger partial charge in [-0.2, -0.15) is 12.6 Å². The molecule has 0 aromatic carbocycles. The van der Waals surface area contributed by atoms with E-state index in [-0.39, 0.29) is 11.2 Å². The molecule has 0 radical (unpaired) electrons. The van der Waals surface area contributed by atoms with Gasteiger partial charge in [0.05, 0.1) is 5.25 Å². The minimum absolute atomic E-state index is 0.0692. The van der Waals surface area contributed by atoms with Crippen molar-refractivity contribution >= 4 is 18.5 Å². The van der Waals surface area contributed by atoms with Gasteiger partial charge in [0.1, 0.15) is 0 Å². The molecule has 1 fully saturated rings. The fourth-order valence-corrected chi connectivity index (χ4v) is 2.02. The fourth-order valence-electron chi connectivity index (χ4n) is 1.93. The van der Waals surface area contributed by atoms with E-state index in [0.717, 1.165) is 19.5 Å². The lowest BCUT2D eigenvalue weighted by atomic mass is 10.1. The molecule has 0 saturated carbocycles. The van der Waals surface area contributed by atoms with Gasteiger partial charge in [0, 0.05) is 6.54 Å². The number of thiol groups is 1. The first-order chi connectivity index (χ1) is 7.61. The van der Waals surface area contributed by atoms with Crippen LogP contribution in [0.3, 0.4) is 0 Å². The number of hydrogen-bond acceptors (Lipinski definition) is 3. The summed E-state index contributed by atoms with van der Waals surface area (Å²) in [6.07, 6.45) is 3.71. The largest absolute Gasteiger partial charge is 0.355 e. The number of hydrogen-bond donors (Lipinski definition) is 2. The first kappa shape index (κ1) is 13.8. The first-order valence-corrected chi connectivity index (χ1v) is 6.81. The van der Waals surface area contributed by atoms with E-state index in [1.54, 1.807) is 0 Å². The molecule has 1 unspecified atom stereocenters. The highest BCUT2D eigenvalue weighted by atomic mass is 32.1. The van der Waals surface area contributed by atoms with Crippen LogP contribution in [0.15, 0.2) is 0 Å². The second-order valence-corrected chi connectivity index (χ2v) is 5.44. The van der Waals surface area contributed by atoms with E-state index in [9.17, 15) is 4.79 Å². The molecule has 16 heavy (non-hydrogen) atoms. The van der Waals surface area contributed by atoms with Crippen molar-refractivity contribution in [1.82, 2.24) is 10.2 Å². The molecule has 1 aliphatic rings. The molecule has 0 aliphatic carbocycles. The average molecular weight is 244 g/mol. The molecule has 3 nitrogen and oxygen atoms in total. The Morgan fingerprint density at radius 3 is 2.56 bits per heavy atom. The average Bonchev–Trinajstić information content (AvgIpc) is 2.75. The maximum absolute atomic E-state index is 11.6. The van der Waals surface area contributed by atoms with Crippen LogP contribution in [0.4, 0.5) is 0 Å². The number of amides is 1. The van der Waals surface area contributed by atoms with Crippen molar-refractivity contribution in [1.29, 1.82) is 0 Å². The van der Waals surface area contributed by atoms with Crippen molar-refractivity contribution in [3.05, 3.63) is 0 Å². The molecule has 94 valence electrons. The van der Waals surface area contributed by atoms with E-state index in [4.69, 9.17) is 0 Å². The number of nitrogens with one attached hydrogen (secondary N) is 1. The highest BCUT2D eigenvalue weighted by Crippen LogP contribution is 2.09. The third kappa shape index (κ3) is 4.74. The third-order valence-electron chi connectivity index (χ3n) is 3.05. The minimum Gasteiger partial charge on any atom is -0.355 e. The summed E-state index contributed by atoms with van der Waals surface area (Å²) in [7, 11) is 0. The van der Waals surface area contributed by atoms with Crippen LogP contribution in [0, 0.1) is 5.92 Å². The molecule has 1 heterocycles. The fraction of sp³-hybridized carbons (Fsp3) is 0.917. The second-order valence-electron chi connectivity index (χ2n) is 4.88. The molecule has 1 amide bonds. The third-order valence-corrected chi connectivity index (χ3v) is 3.88. The van der Waals surface area contributed by atoms with Crippen LogP contribution >= 0.6 is 12.6 Å². The van der Waals surface area contributed by atoms with Crippen molar-refractivity contribution in [2.24, 2.45) is 5.92 Å². The van der Waals surface area contributed by atoms with E-state index in [2.05, 4.69) is 22.8 Å². The Balaban J connectivity index is 2.03. The molecule has 4 heteroatoms. The SMILES string of the molecule is CC(C)C(S)C(=O)NCCCN1CCCC1. The number of rotatable bonds is 6. The van der Waals surface area contributed by atoms with E-state index in [1.165, 1.54) is 25.9 Å². The number of likely N-dealkylation sites (tertiary alicyclic amines) is 1. The summed E-state index contributed by atoms with van der Waals surface area (Å²) in [5, 5.41) is 2.77. The minimum atomic E-state index is -0.174. The molecule has 0 aromatic rings. The van der Waals surface area contributed by atoms with Crippen LogP contribution in [-0.2, 0) is 4.79 Å². The summed E-state index contributed by atoms with van der Waals surface area (Å²) in [5.74, 6) is 0.363. The summed E-state index contributed by atoms with van der Waals surface area (Å²) in [4.78, 5) is 14.0. The zero-order valence-electron chi connectivity index (χ0n) is 10.4. The van der Waals surface area contributed by atoms with Gasteiger partial charge in [-0.15, -0.1) is 0 Å². The Bertz CT molecular complexity index is 215. The highest BCUT2D eigenvalue weighted by molar-refractivity contribution is 7.81. The van der Waals surface area contributed by atoms with Gasteiger partial charge in [0.25, 0.3) is 0 Å². The smallest absolute Gasteiger partial charge is 0.233 e. The Kier molecular flexibility index (Phi) is 6.21. The van der Waals surface area contributed by atoms with Crippen LogP contribution < -0.4 is 5.32 Å². The van der Waals surface area contributed by atoms with Gasteiger partial charge in [0.15, 0.2) is 0 Å². The maximum Gasteiger partial charge on any atom is 0.233 e.